The summed E-state index contributed by atoms with van der Waals surface area (Å²) >= 11 is 11.2. The number of hydrogen-bond acceptors (Lipinski definition) is 5. The van der Waals surface area contributed by atoms with E-state index in [9.17, 15) is 23.3 Å². The van der Waals surface area contributed by atoms with Gasteiger partial charge in [0.2, 0.25) is 15.3 Å². The Morgan fingerprint density at radius 3 is 2.40 bits per heavy atom. The second-order valence-corrected chi connectivity index (χ2v) is 6.57. The summed E-state index contributed by atoms with van der Waals surface area (Å²) in [6, 6.07) is 2.03. The SMILES string of the molecule is CC(C(=O)Cl)N(c1cc([N+](=O)[O-])ccc1Cl)S(C)(=O)=O. The molecule has 0 radical (unpaired) electrons. The summed E-state index contributed by atoms with van der Waals surface area (Å²) in [4.78, 5) is 21.3. The van der Waals surface area contributed by atoms with Crippen LogP contribution in [0.25, 0.3) is 0 Å². The van der Waals surface area contributed by atoms with Crippen molar-refractivity contribution in [3.8, 4) is 0 Å². The van der Waals surface area contributed by atoms with E-state index in [4.69, 9.17) is 23.2 Å². The number of nitrogens with zero attached hydrogens (tertiary/aromatic N) is 2. The molecule has 0 saturated heterocycles. The molecule has 0 aromatic heterocycles. The highest BCUT2D eigenvalue weighted by Gasteiger charge is 2.30. The predicted molar refractivity (Wildman–Crippen MR) is 75.8 cm³/mol. The lowest BCUT2D eigenvalue weighted by Crippen LogP contribution is -2.41. The number of rotatable bonds is 5. The molecule has 0 fully saturated rings. The number of carbonyl (C=O) groups is 1. The molecule has 0 bridgehead atoms. The molecule has 0 aliphatic rings. The van der Waals surface area contributed by atoms with Gasteiger partial charge in [0, 0.05) is 12.1 Å². The number of carbonyl (C=O) groups excluding carboxylic acids is 1. The number of nitro benzene ring substituents is 1. The zero-order valence-corrected chi connectivity index (χ0v) is 12.7. The Labute approximate surface area is 125 Å². The molecule has 1 aromatic carbocycles. The Morgan fingerprint density at radius 2 is 2.00 bits per heavy atom. The summed E-state index contributed by atoms with van der Waals surface area (Å²) in [6.07, 6.45) is 0.846. The van der Waals surface area contributed by atoms with Gasteiger partial charge in [-0.3, -0.25) is 19.2 Å². The van der Waals surface area contributed by atoms with Crippen molar-refractivity contribution in [2.45, 2.75) is 13.0 Å². The Morgan fingerprint density at radius 1 is 1.45 bits per heavy atom. The molecular formula is C10H10Cl2N2O5S. The average Bonchev–Trinajstić information content (AvgIpc) is 2.29. The van der Waals surface area contributed by atoms with Gasteiger partial charge >= 0.3 is 0 Å². The monoisotopic (exact) mass is 340 g/mol. The normalized spacial score (nSPS) is 12.8. The molecule has 0 heterocycles. The van der Waals surface area contributed by atoms with Crippen LogP contribution in [0.4, 0.5) is 11.4 Å². The lowest BCUT2D eigenvalue weighted by atomic mass is 10.2. The lowest BCUT2D eigenvalue weighted by Gasteiger charge is -2.27. The van der Waals surface area contributed by atoms with Crippen molar-refractivity contribution in [3.63, 3.8) is 0 Å². The van der Waals surface area contributed by atoms with Crippen LogP contribution in [0.3, 0.4) is 0 Å². The third kappa shape index (κ3) is 3.59. The molecule has 1 unspecified atom stereocenters. The quantitative estimate of drug-likeness (QED) is 0.464. The zero-order valence-electron chi connectivity index (χ0n) is 10.4. The van der Waals surface area contributed by atoms with Crippen molar-refractivity contribution in [3.05, 3.63) is 33.3 Å². The summed E-state index contributed by atoms with van der Waals surface area (Å²) in [5.41, 5.74) is -0.530. The van der Waals surface area contributed by atoms with E-state index in [-0.39, 0.29) is 16.4 Å². The van der Waals surface area contributed by atoms with Crippen molar-refractivity contribution in [2.75, 3.05) is 10.6 Å². The molecule has 1 atom stereocenters. The molecule has 0 saturated carbocycles. The van der Waals surface area contributed by atoms with E-state index in [2.05, 4.69) is 0 Å². The van der Waals surface area contributed by atoms with Gasteiger partial charge in [0.05, 0.1) is 21.9 Å². The Balaban J connectivity index is 3.53. The van der Waals surface area contributed by atoms with E-state index in [1.807, 2.05) is 0 Å². The molecule has 10 heteroatoms. The van der Waals surface area contributed by atoms with Crippen LogP contribution >= 0.6 is 23.2 Å². The van der Waals surface area contributed by atoms with Crippen LogP contribution in [0.5, 0.6) is 0 Å². The standard InChI is InChI=1S/C10H10Cl2N2O5S/c1-6(10(12)15)13(20(2,18)19)9-5-7(14(16)17)3-4-8(9)11/h3-6H,1-2H3. The molecule has 1 rings (SSSR count). The van der Waals surface area contributed by atoms with Gasteiger partial charge in [-0.25, -0.2) is 8.42 Å². The summed E-state index contributed by atoms with van der Waals surface area (Å²) in [5, 5.41) is 9.76. The lowest BCUT2D eigenvalue weighted by molar-refractivity contribution is -0.384. The van der Waals surface area contributed by atoms with Gasteiger partial charge in [-0.15, -0.1) is 0 Å². The molecule has 0 amide bonds. The fourth-order valence-corrected chi connectivity index (χ4v) is 3.14. The first-order chi connectivity index (χ1) is 9.05. The Hall–Kier alpha value is -1.38. The molecule has 20 heavy (non-hydrogen) atoms. The van der Waals surface area contributed by atoms with Gasteiger partial charge in [-0.05, 0) is 24.6 Å². The third-order valence-corrected chi connectivity index (χ3v) is 4.28. The van der Waals surface area contributed by atoms with Crippen molar-refractivity contribution >= 4 is 49.8 Å². The smallest absolute Gasteiger partial charge is 0.271 e. The third-order valence-electron chi connectivity index (χ3n) is 2.42. The number of nitro groups is 1. The summed E-state index contributed by atoms with van der Waals surface area (Å²) in [5.74, 6) is 0. The van der Waals surface area contributed by atoms with Crippen molar-refractivity contribution in [1.82, 2.24) is 0 Å². The van der Waals surface area contributed by atoms with Crippen molar-refractivity contribution < 1.29 is 18.1 Å². The first-order valence-corrected chi connectivity index (χ1v) is 7.79. The van der Waals surface area contributed by atoms with E-state index >= 15 is 0 Å². The second-order valence-electron chi connectivity index (χ2n) is 3.93. The summed E-state index contributed by atoms with van der Waals surface area (Å²) < 4.78 is 24.2. The van der Waals surface area contributed by atoms with Gasteiger partial charge < -0.3 is 0 Å². The van der Waals surface area contributed by atoms with Gasteiger partial charge in [-0.1, -0.05) is 11.6 Å². The van der Waals surface area contributed by atoms with Crippen LogP contribution in [0.1, 0.15) is 6.92 Å². The number of sulfonamides is 1. The number of benzene rings is 1. The highest BCUT2D eigenvalue weighted by Crippen LogP contribution is 2.33. The van der Waals surface area contributed by atoms with Crippen molar-refractivity contribution in [1.29, 1.82) is 0 Å². The molecule has 0 aliphatic carbocycles. The van der Waals surface area contributed by atoms with Crippen LogP contribution in [0, 0.1) is 10.1 Å². The van der Waals surface area contributed by atoms with Crippen molar-refractivity contribution in [2.24, 2.45) is 0 Å². The van der Waals surface area contributed by atoms with E-state index in [0.717, 1.165) is 18.4 Å². The first-order valence-electron chi connectivity index (χ1n) is 5.18. The van der Waals surface area contributed by atoms with Gasteiger partial charge in [-0.2, -0.15) is 0 Å². The van der Waals surface area contributed by atoms with Crippen LogP contribution in [-0.2, 0) is 14.8 Å². The van der Waals surface area contributed by atoms with Gasteiger partial charge in [0.15, 0.2) is 0 Å². The topological polar surface area (TPSA) is 97.6 Å². The molecule has 0 spiro atoms. The second kappa shape index (κ2) is 5.94. The van der Waals surface area contributed by atoms with E-state index in [0.29, 0.717) is 4.31 Å². The number of anilines is 1. The maximum atomic E-state index is 11.8. The molecular weight excluding hydrogens is 331 g/mol. The number of non-ortho nitro benzene ring substituents is 1. The fraction of sp³-hybridized carbons (Fsp3) is 0.300. The van der Waals surface area contributed by atoms with E-state index in [1.54, 1.807) is 0 Å². The minimum Gasteiger partial charge on any atom is -0.279 e. The highest BCUT2D eigenvalue weighted by atomic mass is 35.5. The molecule has 7 nitrogen and oxygen atoms in total. The van der Waals surface area contributed by atoms with Crippen LogP contribution in [-0.4, -0.2) is 30.9 Å². The minimum absolute atomic E-state index is 0.0502. The molecule has 110 valence electrons. The molecule has 1 aromatic rings. The zero-order chi connectivity index (χ0) is 15.7. The fourth-order valence-electron chi connectivity index (χ4n) is 1.55. The molecule has 0 aliphatic heterocycles. The number of halogens is 2. The Kier molecular flexibility index (Phi) is 4.95. The number of hydrogen-bond donors (Lipinski definition) is 0. The maximum absolute atomic E-state index is 11.8. The van der Waals surface area contributed by atoms with E-state index < -0.39 is 26.2 Å². The maximum Gasteiger partial charge on any atom is 0.271 e. The van der Waals surface area contributed by atoms with Gasteiger partial charge in [0.1, 0.15) is 6.04 Å². The molecule has 0 N–H and O–H groups in total. The highest BCUT2D eigenvalue weighted by molar-refractivity contribution is 7.92. The predicted octanol–water partition coefficient (Wildman–Crippen LogP) is 2.17. The average molecular weight is 341 g/mol. The van der Waals surface area contributed by atoms with Gasteiger partial charge in [0.25, 0.3) is 5.69 Å². The minimum atomic E-state index is -3.91. The Bertz CT molecular complexity index is 662. The summed E-state index contributed by atoms with van der Waals surface area (Å²) in [6.45, 7) is 1.26. The largest absolute Gasteiger partial charge is 0.279 e. The first kappa shape index (κ1) is 16.7. The van der Waals surface area contributed by atoms with Crippen LogP contribution in [0.2, 0.25) is 5.02 Å². The summed E-state index contributed by atoms with van der Waals surface area (Å²) in [7, 11) is -3.91. The van der Waals surface area contributed by atoms with Crippen LogP contribution in [0.15, 0.2) is 18.2 Å². The van der Waals surface area contributed by atoms with Crippen LogP contribution < -0.4 is 4.31 Å². The van der Waals surface area contributed by atoms with E-state index in [1.165, 1.54) is 13.0 Å².